The summed E-state index contributed by atoms with van der Waals surface area (Å²) in [6.45, 7) is 2.24. The van der Waals surface area contributed by atoms with E-state index >= 15 is 0 Å². The van der Waals surface area contributed by atoms with Crippen LogP contribution < -0.4 is 10.6 Å². The van der Waals surface area contributed by atoms with Crippen LogP contribution in [0.4, 0.5) is 0 Å². The maximum absolute atomic E-state index is 12.4. The lowest BCUT2D eigenvalue weighted by Crippen LogP contribution is -2.30. The molecule has 0 heterocycles. The Morgan fingerprint density at radius 3 is 1.91 bits per heavy atom. The Balaban J connectivity index is 2.34. The number of allylic oxidation sites excluding steroid dienone is 2. The maximum atomic E-state index is 12.4. The predicted octanol–water partition coefficient (Wildman–Crippen LogP) is 3.64. The molecular weight excluding hydrogens is 288 g/mol. The fourth-order valence-corrected chi connectivity index (χ4v) is 3.00. The first-order valence-corrected chi connectivity index (χ1v) is 9.05. The largest absolute Gasteiger partial charge is 0.385 e. The van der Waals surface area contributed by atoms with Gasteiger partial charge in [0, 0.05) is 25.7 Å². The summed E-state index contributed by atoms with van der Waals surface area (Å²) >= 11 is 0. The molecule has 0 saturated heterocycles. The zero-order chi connectivity index (χ0) is 17.1. The van der Waals surface area contributed by atoms with E-state index in [-0.39, 0.29) is 11.6 Å². The van der Waals surface area contributed by atoms with Crippen molar-refractivity contribution in [2.45, 2.75) is 71.1 Å². The van der Waals surface area contributed by atoms with Crippen LogP contribution in [0.3, 0.4) is 0 Å². The van der Waals surface area contributed by atoms with Crippen LogP contribution in [0.2, 0.25) is 0 Å². The molecule has 0 amide bonds. The molecule has 0 atom stereocenters. The van der Waals surface area contributed by atoms with Crippen molar-refractivity contribution in [2.24, 2.45) is 0 Å². The third-order valence-electron chi connectivity index (χ3n) is 4.39. The SMILES string of the molecule is CCCCCCCCCCCC1=C(NC)C(=O)C=C(NC)C1=O. The molecule has 0 unspecified atom stereocenters. The molecule has 0 spiro atoms. The zero-order valence-corrected chi connectivity index (χ0v) is 15.0. The fraction of sp³-hybridized carbons (Fsp3) is 0.684. The molecule has 1 aliphatic rings. The minimum atomic E-state index is -0.109. The molecule has 0 saturated carbocycles. The number of rotatable bonds is 12. The van der Waals surface area contributed by atoms with Gasteiger partial charge in [-0.25, -0.2) is 0 Å². The van der Waals surface area contributed by atoms with E-state index in [2.05, 4.69) is 17.6 Å². The van der Waals surface area contributed by atoms with Gasteiger partial charge in [-0.15, -0.1) is 0 Å². The van der Waals surface area contributed by atoms with Gasteiger partial charge in [-0.3, -0.25) is 9.59 Å². The van der Waals surface area contributed by atoms with Crippen molar-refractivity contribution in [3.05, 3.63) is 23.0 Å². The summed E-state index contributed by atoms with van der Waals surface area (Å²) in [5, 5.41) is 5.72. The summed E-state index contributed by atoms with van der Waals surface area (Å²) in [5.74, 6) is -0.154. The molecule has 4 nitrogen and oxygen atoms in total. The normalized spacial score (nSPS) is 15.0. The minimum absolute atomic E-state index is 0.0454. The van der Waals surface area contributed by atoms with Gasteiger partial charge in [-0.1, -0.05) is 58.3 Å². The molecule has 0 fully saturated rings. The summed E-state index contributed by atoms with van der Waals surface area (Å²) in [7, 11) is 3.38. The molecule has 4 heteroatoms. The average Bonchev–Trinajstić information content (AvgIpc) is 2.55. The molecule has 1 rings (SSSR count). The van der Waals surface area contributed by atoms with Crippen molar-refractivity contribution in [1.29, 1.82) is 0 Å². The van der Waals surface area contributed by atoms with Crippen LogP contribution >= 0.6 is 0 Å². The van der Waals surface area contributed by atoms with Crippen LogP contribution in [-0.2, 0) is 9.59 Å². The van der Waals surface area contributed by atoms with E-state index in [9.17, 15) is 9.59 Å². The number of carbonyl (C=O) groups excluding carboxylic acids is 2. The molecule has 2 N–H and O–H groups in total. The molecule has 23 heavy (non-hydrogen) atoms. The Labute approximate surface area is 140 Å². The highest BCUT2D eigenvalue weighted by Gasteiger charge is 2.26. The molecule has 1 aliphatic carbocycles. The number of hydrogen-bond donors (Lipinski definition) is 2. The number of likely N-dealkylation sites (N-methyl/N-ethyl adjacent to an activating group) is 2. The monoisotopic (exact) mass is 320 g/mol. The fourth-order valence-electron chi connectivity index (χ4n) is 3.00. The van der Waals surface area contributed by atoms with E-state index in [1.54, 1.807) is 14.1 Å². The number of unbranched alkanes of at least 4 members (excludes halogenated alkanes) is 8. The van der Waals surface area contributed by atoms with Crippen molar-refractivity contribution in [1.82, 2.24) is 10.6 Å². The first kappa shape index (κ1) is 19.5. The molecule has 0 aromatic rings. The summed E-state index contributed by atoms with van der Waals surface area (Å²) in [6, 6.07) is 0. The van der Waals surface area contributed by atoms with Gasteiger partial charge in [0.05, 0.1) is 11.4 Å². The molecule has 0 aliphatic heterocycles. The molecule has 0 radical (unpaired) electrons. The standard InChI is InChI=1S/C19H32N2O2/c1-4-5-6-7-8-9-10-11-12-13-15-18(21-3)17(22)14-16(20-2)19(15)23/h14,20-21H,4-13H2,1-3H3. The lowest BCUT2D eigenvalue weighted by atomic mass is 9.92. The highest BCUT2D eigenvalue weighted by molar-refractivity contribution is 6.22. The number of hydrogen-bond acceptors (Lipinski definition) is 4. The Bertz CT molecular complexity index is 464. The maximum Gasteiger partial charge on any atom is 0.207 e. The lowest BCUT2D eigenvalue weighted by Gasteiger charge is -2.18. The Kier molecular flexibility index (Phi) is 9.34. The van der Waals surface area contributed by atoms with Crippen molar-refractivity contribution in [3.8, 4) is 0 Å². The van der Waals surface area contributed by atoms with Crippen molar-refractivity contribution < 1.29 is 9.59 Å². The van der Waals surface area contributed by atoms with Gasteiger partial charge in [0.15, 0.2) is 0 Å². The topological polar surface area (TPSA) is 58.2 Å². The first-order chi connectivity index (χ1) is 11.2. The van der Waals surface area contributed by atoms with E-state index in [4.69, 9.17) is 0 Å². The first-order valence-electron chi connectivity index (χ1n) is 9.05. The Hall–Kier alpha value is -1.58. The molecular formula is C19H32N2O2. The van der Waals surface area contributed by atoms with Gasteiger partial charge in [0.25, 0.3) is 0 Å². The quantitative estimate of drug-likeness (QED) is 0.426. The van der Waals surface area contributed by atoms with Crippen LogP contribution in [0.5, 0.6) is 0 Å². The van der Waals surface area contributed by atoms with E-state index in [1.807, 2.05) is 0 Å². The van der Waals surface area contributed by atoms with Crippen molar-refractivity contribution in [2.75, 3.05) is 14.1 Å². The second-order valence-electron chi connectivity index (χ2n) is 6.18. The van der Waals surface area contributed by atoms with Gasteiger partial charge < -0.3 is 10.6 Å². The van der Waals surface area contributed by atoms with Gasteiger partial charge in [0.2, 0.25) is 11.6 Å². The second-order valence-corrected chi connectivity index (χ2v) is 6.18. The van der Waals surface area contributed by atoms with Crippen molar-refractivity contribution >= 4 is 11.6 Å². The number of carbonyl (C=O) groups is 2. The van der Waals surface area contributed by atoms with Crippen LogP contribution in [0, 0.1) is 0 Å². The summed E-state index contributed by atoms with van der Waals surface area (Å²) in [6.07, 6.45) is 13.3. The smallest absolute Gasteiger partial charge is 0.207 e. The number of nitrogens with one attached hydrogen (secondary N) is 2. The molecule has 0 aromatic carbocycles. The summed E-state index contributed by atoms with van der Waals surface area (Å²) in [5.41, 5.74) is 1.50. The van der Waals surface area contributed by atoms with Crippen LogP contribution in [-0.4, -0.2) is 25.7 Å². The van der Waals surface area contributed by atoms with E-state index in [1.165, 1.54) is 51.0 Å². The van der Waals surface area contributed by atoms with Gasteiger partial charge in [-0.2, -0.15) is 0 Å². The summed E-state index contributed by atoms with van der Waals surface area (Å²) in [4.78, 5) is 24.4. The van der Waals surface area contributed by atoms with Gasteiger partial charge in [0.1, 0.15) is 0 Å². The van der Waals surface area contributed by atoms with Crippen LogP contribution in [0.1, 0.15) is 71.1 Å². The third-order valence-corrected chi connectivity index (χ3v) is 4.39. The minimum Gasteiger partial charge on any atom is -0.385 e. The van der Waals surface area contributed by atoms with E-state index in [0.717, 1.165) is 12.8 Å². The Morgan fingerprint density at radius 2 is 1.39 bits per heavy atom. The highest BCUT2D eigenvalue weighted by atomic mass is 16.1. The molecule has 0 bridgehead atoms. The van der Waals surface area contributed by atoms with Crippen LogP contribution in [0.15, 0.2) is 23.0 Å². The van der Waals surface area contributed by atoms with E-state index in [0.29, 0.717) is 23.4 Å². The third kappa shape index (κ3) is 6.20. The predicted molar refractivity (Wildman–Crippen MR) is 95.1 cm³/mol. The lowest BCUT2D eigenvalue weighted by molar-refractivity contribution is -0.116. The molecule has 0 aromatic heterocycles. The van der Waals surface area contributed by atoms with Gasteiger partial charge >= 0.3 is 0 Å². The average molecular weight is 320 g/mol. The van der Waals surface area contributed by atoms with E-state index < -0.39 is 0 Å². The van der Waals surface area contributed by atoms with Crippen molar-refractivity contribution in [3.63, 3.8) is 0 Å². The van der Waals surface area contributed by atoms with Crippen LogP contribution in [0.25, 0.3) is 0 Å². The Morgan fingerprint density at radius 1 is 0.826 bits per heavy atom. The molecule has 130 valence electrons. The number of ketones is 2. The van der Waals surface area contributed by atoms with Gasteiger partial charge in [-0.05, 0) is 12.8 Å². The highest BCUT2D eigenvalue weighted by Crippen LogP contribution is 2.22. The summed E-state index contributed by atoms with van der Waals surface area (Å²) < 4.78 is 0. The second kappa shape index (κ2) is 11.0. The zero-order valence-electron chi connectivity index (χ0n) is 15.0. The number of Topliss-reactive ketones (excluding diaryl/α,β-unsaturated/α-hetero) is 1.